The third-order valence-corrected chi connectivity index (χ3v) is 7.39. The number of aryl methyl sites for hydroxylation is 4. The number of fused-ring (bicyclic) bond motifs is 1. The molecular formula is C24H31BrN4O2S. The molecule has 0 radical (unpaired) electrons. The number of aromatic nitrogens is 2. The van der Waals surface area contributed by atoms with Crippen LogP contribution < -0.4 is 9.62 Å². The highest BCUT2D eigenvalue weighted by Crippen LogP contribution is 2.36. The standard InChI is InChI=1S/C24H31BrN4O2S/c1-15-11-20(25)12-16(2)23(15)29-14-17(3)22-21(13-18(4)27-24(22)29)28-9-6-19(7-10-28)5-8-26-32(30)31/h11-14,19,26H,5-10H2,1-4H3,(H,30,31). The van der Waals surface area contributed by atoms with Gasteiger partial charge in [-0.25, -0.2) is 13.9 Å². The number of hydrogen-bond donors (Lipinski definition) is 2. The fourth-order valence-electron chi connectivity index (χ4n) is 5.03. The number of piperidine rings is 1. The second-order valence-corrected chi connectivity index (χ2v) is 10.6. The average molecular weight is 520 g/mol. The zero-order valence-electron chi connectivity index (χ0n) is 19.1. The molecule has 1 aromatic carbocycles. The van der Waals surface area contributed by atoms with E-state index in [1.807, 2.05) is 0 Å². The lowest BCUT2D eigenvalue weighted by Crippen LogP contribution is -2.35. The van der Waals surface area contributed by atoms with E-state index in [1.165, 1.54) is 33.5 Å². The molecule has 1 unspecified atom stereocenters. The van der Waals surface area contributed by atoms with Gasteiger partial charge in [-0.1, -0.05) is 15.9 Å². The lowest BCUT2D eigenvalue weighted by atomic mass is 9.93. The summed E-state index contributed by atoms with van der Waals surface area (Å²) in [5.41, 5.74) is 8.18. The molecule has 0 aliphatic carbocycles. The summed E-state index contributed by atoms with van der Waals surface area (Å²) in [4.78, 5) is 7.46. The summed E-state index contributed by atoms with van der Waals surface area (Å²) in [6.45, 7) is 11.1. The molecule has 2 aromatic heterocycles. The van der Waals surface area contributed by atoms with Crippen LogP contribution in [-0.4, -0.2) is 37.9 Å². The number of nitrogens with one attached hydrogen (secondary N) is 1. The monoisotopic (exact) mass is 518 g/mol. The quantitative estimate of drug-likeness (QED) is 0.431. The van der Waals surface area contributed by atoms with Gasteiger partial charge in [0.05, 0.1) is 5.69 Å². The fourth-order valence-corrected chi connectivity index (χ4v) is 6.01. The summed E-state index contributed by atoms with van der Waals surface area (Å²) in [5, 5.41) is 1.23. The van der Waals surface area contributed by atoms with Crippen LogP contribution >= 0.6 is 15.9 Å². The van der Waals surface area contributed by atoms with Crippen molar-refractivity contribution in [2.24, 2.45) is 5.92 Å². The van der Waals surface area contributed by atoms with Crippen molar-refractivity contribution in [3.63, 3.8) is 0 Å². The Morgan fingerprint density at radius 2 is 1.78 bits per heavy atom. The van der Waals surface area contributed by atoms with Gasteiger partial charge in [0, 0.05) is 47.1 Å². The van der Waals surface area contributed by atoms with Crippen LogP contribution in [0.3, 0.4) is 0 Å². The van der Waals surface area contributed by atoms with E-state index in [0.29, 0.717) is 12.5 Å². The highest BCUT2D eigenvalue weighted by Gasteiger charge is 2.24. The molecule has 0 amide bonds. The van der Waals surface area contributed by atoms with Crippen molar-refractivity contribution >= 4 is 43.9 Å². The van der Waals surface area contributed by atoms with Gasteiger partial charge in [0.2, 0.25) is 11.3 Å². The summed E-state index contributed by atoms with van der Waals surface area (Å²) in [6.07, 6.45) is 5.33. The molecule has 3 aromatic rings. The molecule has 2 N–H and O–H groups in total. The summed E-state index contributed by atoms with van der Waals surface area (Å²) >= 11 is 1.70. The van der Waals surface area contributed by atoms with Crippen molar-refractivity contribution in [2.75, 3.05) is 24.5 Å². The minimum absolute atomic E-state index is 0.583. The SMILES string of the molecule is Cc1cc(N2CCC(CCNS(=O)O)CC2)c2c(C)cn(-c3c(C)cc(Br)cc3C)c2n1. The molecular weight excluding hydrogens is 488 g/mol. The summed E-state index contributed by atoms with van der Waals surface area (Å²) in [7, 11) is 0. The highest BCUT2D eigenvalue weighted by atomic mass is 79.9. The Morgan fingerprint density at radius 3 is 2.41 bits per heavy atom. The van der Waals surface area contributed by atoms with Crippen LogP contribution in [0.25, 0.3) is 16.7 Å². The second kappa shape index (κ2) is 9.63. The maximum atomic E-state index is 10.8. The van der Waals surface area contributed by atoms with E-state index >= 15 is 0 Å². The number of benzene rings is 1. The first-order chi connectivity index (χ1) is 15.2. The third-order valence-electron chi connectivity index (χ3n) is 6.48. The van der Waals surface area contributed by atoms with Gasteiger partial charge in [0.15, 0.2) is 0 Å². The predicted molar refractivity (Wildman–Crippen MR) is 136 cm³/mol. The summed E-state index contributed by atoms with van der Waals surface area (Å²) in [6, 6.07) is 6.54. The number of rotatable bonds is 6. The first kappa shape index (κ1) is 23.4. The van der Waals surface area contributed by atoms with Crippen LogP contribution in [0.5, 0.6) is 0 Å². The fraction of sp³-hybridized carbons (Fsp3) is 0.458. The van der Waals surface area contributed by atoms with Crippen molar-refractivity contribution < 1.29 is 8.76 Å². The first-order valence-corrected chi connectivity index (χ1v) is 13.0. The van der Waals surface area contributed by atoms with Crippen molar-refractivity contribution in [1.29, 1.82) is 0 Å². The van der Waals surface area contributed by atoms with Crippen LogP contribution in [0, 0.1) is 33.6 Å². The van der Waals surface area contributed by atoms with E-state index in [4.69, 9.17) is 9.54 Å². The molecule has 0 spiro atoms. The molecule has 1 atom stereocenters. The maximum Gasteiger partial charge on any atom is 0.231 e. The Bertz CT molecular complexity index is 1150. The molecule has 6 nitrogen and oxygen atoms in total. The number of hydrogen-bond acceptors (Lipinski definition) is 3. The van der Waals surface area contributed by atoms with E-state index < -0.39 is 11.3 Å². The van der Waals surface area contributed by atoms with Crippen LogP contribution in [0.2, 0.25) is 0 Å². The zero-order chi connectivity index (χ0) is 23.0. The lowest BCUT2D eigenvalue weighted by Gasteiger charge is -2.34. The van der Waals surface area contributed by atoms with E-state index in [0.717, 1.165) is 48.2 Å². The molecule has 3 heterocycles. The van der Waals surface area contributed by atoms with Crippen molar-refractivity contribution in [3.05, 3.63) is 51.3 Å². The highest BCUT2D eigenvalue weighted by molar-refractivity contribution is 9.10. The van der Waals surface area contributed by atoms with Crippen molar-refractivity contribution in [1.82, 2.24) is 14.3 Å². The summed E-state index contributed by atoms with van der Waals surface area (Å²) < 4.78 is 25.7. The summed E-state index contributed by atoms with van der Waals surface area (Å²) in [5.74, 6) is 0.583. The van der Waals surface area contributed by atoms with Gasteiger partial charge < -0.3 is 9.47 Å². The second-order valence-electron chi connectivity index (χ2n) is 8.91. The Hall–Kier alpha value is -1.74. The van der Waals surface area contributed by atoms with Crippen LogP contribution in [0.4, 0.5) is 5.69 Å². The molecule has 1 aliphatic heterocycles. The smallest absolute Gasteiger partial charge is 0.231 e. The van der Waals surface area contributed by atoms with Gasteiger partial charge in [-0.05, 0) is 87.8 Å². The molecule has 8 heteroatoms. The van der Waals surface area contributed by atoms with Gasteiger partial charge in [0.25, 0.3) is 0 Å². The van der Waals surface area contributed by atoms with Crippen LogP contribution in [0.15, 0.2) is 28.9 Å². The lowest BCUT2D eigenvalue weighted by molar-refractivity contribution is 0.381. The molecule has 172 valence electrons. The molecule has 1 saturated heterocycles. The minimum Gasteiger partial charge on any atom is -0.371 e. The van der Waals surface area contributed by atoms with Gasteiger partial charge in [0.1, 0.15) is 5.65 Å². The Balaban J connectivity index is 1.66. The van der Waals surface area contributed by atoms with Gasteiger partial charge in [-0.15, -0.1) is 0 Å². The Morgan fingerprint density at radius 1 is 1.12 bits per heavy atom. The topological polar surface area (TPSA) is 70.4 Å². The molecule has 1 aliphatic rings. The molecule has 32 heavy (non-hydrogen) atoms. The number of anilines is 1. The molecule has 0 saturated carbocycles. The van der Waals surface area contributed by atoms with Gasteiger partial charge in [-0.2, -0.15) is 0 Å². The van der Waals surface area contributed by atoms with Crippen molar-refractivity contribution in [2.45, 2.75) is 47.0 Å². The normalized spacial score (nSPS) is 16.1. The van der Waals surface area contributed by atoms with E-state index in [9.17, 15) is 4.21 Å². The molecule has 0 bridgehead atoms. The van der Waals surface area contributed by atoms with E-state index in [-0.39, 0.29) is 0 Å². The third kappa shape index (κ3) is 4.78. The first-order valence-electron chi connectivity index (χ1n) is 11.1. The average Bonchev–Trinajstić information content (AvgIpc) is 3.03. The van der Waals surface area contributed by atoms with Gasteiger partial charge >= 0.3 is 0 Å². The maximum absolute atomic E-state index is 10.8. The largest absolute Gasteiger partial charge is 0.371 e. The van der Waals surface area contributed by atoms with E-state index in [1.54, 1.807) is 0 Å². The number of nitrogens with zero attached hydrogens (tertiary/aromatic N) is 3. The van der Waals surface area contributed by atoms with E-state index in [2.05, 4.69) is 82.2 Å². The zero-order valence-corrected chi connectivity index (χ0v) is 21.5. The van der Waals surface area contributed by atoms with Gasteiger partial charge in [-0.3, -0.25) is 4.55 Å². The van der Waals surface area contributed by atoms with Crippen LogP contribution in [-0.2, 0) is 11.3 Å². The van der Waals surface area contributed by atoms with Crippen molar-refractivity contribution in [3.8, 4) is 5.69 Å². The van der Waals surface area contributed by atoms with Crippen LogP contribution in [0.1, 0.15) is 41.6 Å². The number of halogens is 1. The minimum atomic E-state index is -1.92. The Labute approximate surface area is 201 Å². The molecule has 1 fully saturated rings. The Kier molecular flexibility index (Phi) is 7.05. The molecule has 4 rings (SSSR count). The number of pyridine rings is 1. The predicted octanol–water partition coefficient (Wildman–Crippen LogP) is 5.35.